The molecule has 12 heteroatoms. The number of aromatic hydroxyl groups is 1. The van der Waals surface area contributed by atoms with Crippen LogP contribution in [0.15, 0.2) is 60.2 Å². The van der Waals surface area contributed by atoms with Crippen molar-refractivity contribution in [2.24, 2.45) is 17.8 Å². The molecule has 4 aliphatic rings. The van der Waals surface area contributed by atoms with E-state index in [1.807, 2.05) is 0 Å². The predicted molar refractivity (Wildman–Crippen MR) is 139 cm³/mol. The first kappa shape index (κ1) is 25.5. The maximum Gasteiger partial charge on any atom is 0.271 e. The number of hydrogen-bond donors (Lipinski definition) is 1. The average molecular weight is 570 g/mol. The molecule has 2 aliphatic carbocycles. The molecule has 200 valence electrons. The topological polar surface area (TPSA) is 138 Å². The van der Waals surface area contributed by atoms with E-state index in [2.05, 4.69) is 0 Å². The lowest BCUT2D eigenvalue weighted by molar-refractivity contribution is -0.384. The van der Waals surface area contributed by atoms with Crippen LogP contribution in [0.3, 0.4) is 0 Å². The molecular weight excluding hydrogens is 549 g/mol. The number of benzene rings is 2. The molecule has 1 saturated carbocycles. The van der Waals surface area contributed by atoms with Gasteiger partial charge in [0.2, 0.25) is 11.8 Å². The van der Waals surface area contributed by atoms with Crippen molar-refractivity contribution >= 4 is 58.2 Å². The Balaban J connectivity index is 1.50. The van der Waals surface area contributed by atoms with Gasteiger partial charge in [0, 0.05) is 25.1 Å². The molecule has 2 saturated heterocycles. The maximum absolute atomic E-state index is 13.9. The summed E-state index contributed by atoms with van der Waals surface area (Å²) in [4.78, 5) is 63.0. The van der Waals surface area contributed by atoms with Crippen molar-refractivity contribution in [2.45, 2.75) is 28.5 Å². The number of rotatable bonds is 3. The number of likely N-dealkylation sites (tertiary alicyclic amines) is 1. The second-order valence-corrected chi connectivity index (χ2v) is 11.6. The zero-order chi connectivity index (χ0) is 28.0. The highest BCUT2D eigenvalue weighted by Crippen LogP contribution is 2.65. The van der Waals surface area contributed by atoms with Crippen molar-refractivity contribution in [1.82, 2.24) is 4.90 Å². The minimum atomic E-state index is -1.94. The molecule has 2 aromatic carbocycles. The monoisotopic (exact) mass is 569 g/mol. The van der Waals surface area contributed by atoms with Gasteiger partial charge in [-0.3, -0.25) is 34.2 Å². The standard InChI is InChI=1S/C27H21Cl2N3O7/c1-30-24(36)26(28)12-19-17(21(27(26,29)25(30)37)13-4-2-7-16(33)10-13)8-9-18-20(19)23(35)31(22(18)34)14-5-3-6-15(11-14)32(38)39/h2-8,10-11,18-21,33H,9,12H2,1H3/t18-,19+,20-,21-,26+,27-/m0/s1. The molecule has 4 amide bonds. The van der Waals surface area contributed by atoms with Gasteiger partial charge < -0.3 is 5.11 Å². The summed E-state index contributed by atoms with van der Waals surface area (Å²) in [6, 6.07) is 11.4. The number of fused-ring (bicyclic) bond motifs is 4. The molecule has 0 aromatic heterocycles. The fourth-order valence-electron chi connectivity index (χ4n) is 6.82. The normalized spacial score (nSPS) is 33.6. The van der Waals surface area contributed by atoms with Gasteiger partial charge in [0.05, 0.1) is 22.4 Å². The van der Waals surface area contributed by atoms with Crippen LogP contribution in [0.5, 0.6) is 5.75 Å². The van der Waals surface area contributed by atoms with E-state index in [9.17, 15) is 34.4 Å². The molecule has 10 nitrogen and oxygen atoms in total. The molecular formula is C27H21Cl2N3O7. The Bertz CT molecular complexity index is 1540. The summed E-state index contributed by atoms with van der Waals surface area (Å²) in [6.45, 7) is 0. The average Bonchev–Trinajstić information content (AvgIpc) is 3.23. The van der Waals surface area contributed by atoms with E-state index < -0.39 is 62.0 Å². The molecule has 6 atom stereocenters. The number of nitro benzene ring substituents is 1. The first-order valence-corrected chi connectivity index (χ1v) is 13.0. The molecule has 0 unspecified atom stereocenters. The number of halogens is 2. The molecule has 0 bridgehead atoms. The van der Waals surface area contributed by atoms with Crippen molar-refractivity contribution in [3.8, 4) is 5.75 Å². The van der Waals surface area contributed by atoms with Crippen LogP contribution in [0.1, 0.15) is 24.3 Å². The summed E-state index contributed by atoms with van der Waals surface area (Å²) in [5, 5.41) is 21.6. The van der Waals surface area contributed by atoms with Crippen LogP contribution in [-0.2, 0) is 19.2 Å². The number of hydrogen-bond acceptors (Lipinski definition) is 7. The summed E-state index contributed by atoms with van der Waals surface area (Å²) in [6.07, 6.45) is 1.76. The van der Waals surface area contributed by atoms with E-state index >= 15 is 0 Å². The van der Waals surface area contributed by atoms with Crippen LogP contribution < -0.4 is 4.90 Å². The third-order valence-corrected chi connectivity index (χ3v) is 9.93. The molecule has 3 fully saturated rings. The Morgan fingerprint density at radius 1 is 1.00 bits per heavy atom. The van der Waals surface area contributed by atoms with Crippen molar-refractivity contribution in [1.29, 1.82) is 0 Å². The molecule has 1 N–H and O–H groups in total. The lowest BCUT2D eigenvalue weighted by atomic mass is 9.56. The van der Waals surface area contributed by atoms with Crippen LogP contribution in [0.2, 0.25) is 0 Å². The SMILES string of the molecule is CN1C(=O)[C@]2(Cl)C[C@@H]3C(=CC[C@@H]4C(=O)N(c5cccc([N+](=O)[O-])c5)C(=O)[C@@H]43)[C@H](c3cccc(O)c3)[C@]2(Cl)C1=O. The first-order chi connectivity index (χ1) is 18.4. The number of carbonyl (C=O) groups is 4. The number of alkyl halides is 2. The van der Waals surface area contributed by atoms with Crippen LogP contribution in [0.25, 0.3) is 0 Å². The summed E-state index contributed by atoms with van der Waals surface area (Å²) in [7, 11) is 1.30. The lowest BCUT2D eigenvalue weighted by Gasteiger charge is -2.50. The van der Waals surface area contributed by atoms with Gasteiger partial charge in [-0.1, -0.05) is 29.8 Å². The molecule has 2 heterocycles. The number of allylic oxidation sites excluding steroid dienone is 2. The van der Waals surface area contributed by atoms with Gasteiger partial charge in [-0.15, -0.1) is 23.2 Å². The lowest BCUT2D eigenvalue weighted by Crippen LogP contribution is -2.60. The van der Waals surface area contributed by atoms with Gasteiger partial charge in [0.25, 0.3) is 17.5 Å². The third kappa shape index (κ3) is 3.21. The van der Waals surface area contributed by atoms with Crippen LogP contribution >= 0.6 is 23.2 Å². The number of nitro groups is 1. The Hall–Kier alpha value is -3.76. The number of phenolic OH excluding ortho intramolecular Hbond substituents is 1. The number of amides is 4. The van der Waals surface area contributed by atoms with Gasteiger partial charge in [-0.05, 0) is 42.5 Å². The molecule has 2 aliphatic heterocycles. The predicted octanol–water partition coefficient (Wildman–Crippen LogP) is 3.49. The Labute approximate surface area is 231 Å². The summed E-state index contributed by atoms with van der Waals surface area (Å²) >= 11 is 14.1. The fourth-order valence-corrected chi connectivity index (χ4v) is 7.84. The number of non-ortho nitro benzene ring substituents is 1. The fraction of sp³-hybridized carbons (Fsp3) is 0.333. The second-order valence-electron chi connectivity index (χ2n) is 10.4. The summed E-state index contributed by atoms with van der Waals surface area (Å²) in [5.41, 5.74) is 0.836. The van der Waals surface area contributed by atoms with Crippen molar-refractivity contribution < 1.29 is 29.2 Å². The zero-order valence-corrected chi connectivity index (χ0v) is 21.9. The largest absolute Gasteiger partial charge is 0.508 e. The van der Waals surface area contributed by atoms with Gasteiger partial charge in [0.1, 0.15) is 5.75 Å². The van der Waals surface area contributed by atoms with E-state index in [-0.39, 0.29) is 30.0 Å². The molecule has 0 radical (unpaired) electrons. The highest BCUT2D eigenvalue weighted by Gasteiger charge is 2.75. The zero-order valence-electron chi connectivity index (χ0n) is 20.4. The second kappa shape index (κ2) is 8.37. The van der Waals surface area contributed by atoms with E-state index in [0.29, 0.717) is 11.1 Å². The van der Waals surface area contributed by atoms with Crippen LogP contribution in [0, 0.1) is 27.9 Å². The number of phenols is 1. The van der Waals surface area contributed by atoms with Gasteiger partial charge in [-0.2, -0.15) is 0 Å². The van der Waals surface area contributed by atoms with Crippen molar-refractivity contribution in [3.63, 3.8) is 0 Å². The first-order valence-electron chi connectivity index (χ1n) is 12.2. The van der Waals surface area contributed by atoms with Crippen LogP contribution in [0.4, 0.5) is 11.4 Å². The molecule has 39 heavy (non-hydrogen) atoms. The van der Waals surface area contributed by atoms with E-state index in [1.54, 1.807) is 18.2 Å². The van der Waals surface area contributed by atoms with Gasteiger partial charge >= 0.3 is 0 Å². The Kier molecular flexibility index (Phi) is 5.47. The molecule has 0 spiro atoms. The quantitative estimate of drug-likeness (QED) is 0.196. The number of carbonyl (C=O) groups excluding carboxylic acids is 4. The molecule has 6 rings (SSSR count). The number of nitrogens with zero attached hydrogens (tertiary/aromatic N) is 3. The van der Waals surface area contributed by atoms with E-state index in [4.69, 9.17) is 23.2 Å². The Morgan fingerprint density at radius 2 is 1.72 bits per heavy atom. The smallest absolute Gasteiger partial charge is 0.271 e. The maximum atomic E-state index is 13.9. The van der Waals surface area contributed by atoms with Gasteiger partial charge in [-0.25, -0.2) is 4.90 Å². The Morgan fingerprint density at radius 3 is 2.41 bits per heavy atom. The van der Waals surface area contributed by atoms with Gasteiger partial charge in [0.15, 0.2) is 9.75 Å². The van der Waals surface area contributed by atoms with E-state index in [1.165, 1.54) is 43.4 Å². The number of imide groups is 2. The highest BCUT2D eigenvalue weighted by molar-refractivity contribution is 6.53. The summed E-state index contributed by atoms with van der Waals surface area (Å²) < 4.78 is 0. The third-order valence-electron chi connectivity index (χ3n) is 8.52. The van der Waals surface area contributed by atoms with E-state index in [0.717, 1.165) is 9.80 Å². The van der Waals surface area contributed by atoms with Crippen molar-refractivity contribution in [3.05, 3.63) is 75.9 Å². The molecule has 2 aromatic rings. The van der Waals surface area contributed by atoms with Crippen LogP contribution in [-0.4, -0.2) is 55.4 Å². The van der Waals surface area contributed by atoms with Crippen molar-refractivity contribution in [2.75, 3.05) is 11.9 Å². The highest BCUT2D eigenvalue weighted by atomic mass is 35.5. The minimum Gasteiger partial charge on any atom is -0.508 e. The summed E-state index contributed by atoms with van der Waals surface area (Å²) in [5.74, 6) is -5.98. The number of anilines is 1. The minimum absolute atomic E-state index is 0.0784.